The molecule has 0 bridgehead atoms. The molecule has 0 spiro atoms. The fourth-order valence-corrected chi connectivity index (χ4v) is 4.33. The molecule has 3 fully saturated rings. The molecule has 3 atom stereocenters. The minimum atomic E-state index is -0.210. The van der Waals surface area contributed by atoms with E-state index in [0.29, 0.717) is 24.4 Å². The number of carbonyl (C=O) groups is 1. The highest BCUT2D eigenvalue weighted by Crippen LogP contribution is 2.47. The van der Waals surface area contributed by atoms with Crippen LogP contribution in [0.3, 0.4) is 0 Å². The highest BCUT2D eigenvalue weighted by atomic mass is 16.2. The highest BCUT2D eigenvalue weighted by molar-refractivity contribution is 5.81. The van der Waals surface area contributed by atoms with Crippen LogP contribution in [0.1, 0.15) is 44.1 Å². The summed E-state index contributed by atoms with van der Waals surface area (Å²) in [5.41, 5.74) is 1.05. The molecule has 1 N–H and O–H groups in total. The lowest BCUT2D eigenvalue weighted by Crippen LogP contribution is -2.47. The van der Waals surface area contributed by atoms with Crippen molar-refractivity contribution >= 4 is 5.91 Å². The molecule has 0 unspecified atom stereocenters. The summed E-state index contributed by atoms with van der Waals surface area (Å²) in [6, 6.07) is 11.4. The maximum Gasteiger partial charge on any atom is 0.224 e. The first-order valence-electron chi connectivity index (χ1n) is 7.47. The minimum absolute atomic E-state index is 0.210. The highest BCUT2D eigenvalue weighted by Gasteiger charge is 2.57. The van der Waals surface area contributed by atoms with Crippen molar-refractivity contribution in [3.8, 4) is 0 Å². The Morgan fingerprint density at radius 3 is 2.79 bits per heavy atom. The van der Waals surface area contributed by atoms with Gasteiger partial charge in [0.05, 0.1) is 0 Å². The van der Waals surface area contributed by atoms with Crippen LogP contribution in [0.15, 0.2) is 30.3 Å². The molecule has 1 amide bonds. The van der Waals surface area contributed by atoms with Crippen molar-refractivity contribution in [2.24, 2.45) is 0 Å². The molecule has 1 aliphatic carbocycles. The summed E-state index contributed by atoms with van der Waals surface area (Å²) in [7, 11) is 0. The van der Waals surface area contributed by atoms with Gasteiger partial charge in [-0.3, -0.25) is 10.1 Å². The molecule has 0 aromatic heterocycles. The Labute approximate surface area is 114 Å². The average molecular weight is 256 g/mol. The van der Waals surface area contributed by atoms with Gasteiger partial charge in [0.15, 0.2) is 0 Å². The molecule has 4 rings (SSSR count). The van der Waals surface area contributed by atoms with Crippen LogP contribution in [0.5, 0.6) is 0 Å². The summed E-state index contributed by atoms with van der Waals surface area (Å²) in [6.45, 7) is 0. The number of rotatable bonds is 1. The Bertz CT molecular complexity index is 501. The van der Waals surface area contributed by atoms with Crippen molar-refractivity contribution in [1.82, 2.24) is 10.2 Å². The van der Waals surface area contributed by atoms with Crippen LogP contribution < -0.4 is 5.32 Å². The Hall–Kier alpha value is -1.35. The first-order chi connectivity index (χ1) is 9.31. The largest absolute Gasteiger partial charge is 0.316 e. The van der Waals surface area contributed by atoms with E-state index in [-0.39, 0.29) is 5.66 Å². The Kier molecular flexibility index (Phi) is 2.46. The standard InChI is InChI=1S/C16H20N2O/c19-15-10-11-16(12-6-2-1-3-7-12)17-13-8-4-5-9-14(13)18(15)16/h1-3,6-7,13-14,17H,4-5,8-11H2/t13-,14-,16+/m0/s1. The second-order valence-electron chi connectivity index (χ2n) is 6.09. The molecular formula is C16H20N2O. The molecule has 2 aliphatic heterocycles. The van der Waals surface area contributed by atoms with Gasteiger partial charge in [0, 0.05) is 18.5 Å². The lowest BCUT2D eigenvalue weighted by atomic mass is 9.91. The maximum absolute atomic E-state index is 12.4. The fraction of sp³-hybridized carbons (Fsp3) is 0.562. The van der Waals surface area contributed by atoms with E-state index < -0.39 is 0 Å². The van der Waals surface area contributed by atoms with Crippen molar-refractivity contribution in [3.05, 3.63) is 35.9 Å². The third-order valence-corrected chi connectivity index (χ3v) is 5.12. The zero-order valence-corrected chi connectivity index (χ0v) is 11.1. The monoisotopic (exact) mass is 256 g/mol. The fourth-order valence-electron chi connectivity index (χ4n) is 4.33. The SMILES string of the molecule is O=C1CC[C@@]2(c3ccccc3)N[C@H]3CCCC[C@@H]3N12. The second-order valence-corrected chi connectivity index (χ2v) is 6.09. The predicted octanol–water partition coefficient (Wildman–Crippen LogP) is 2.38. The van der Waals surface area contributed by atoms with Crippen LogP contribution in [0.2, 0.25) is 0 Å². The van der Waals surface area contributed by atoms with Crippen LogP contribution in [0, 0.1) is 0 Å². The van der Waals surface area contributed by atoms with Gasteiger partial charge in [0.1, 0.15) is 5.66 Å². The first kappa shape index (κ1) is 11.5. The summed E-state index contributed by atoms with van der Waals surface area (Å²) in [6.07, 6.45) is 6.54. The van der Waals surface area contributed by atoms with Crippen molar-refractivity contribution in [3.63, 3.8) is 0 Å². The first-order valence-corrected chi connectivity index (χ1v) is 7.47. The molecule has 3 heteroatoms. The number of nitrogens with one attached hydrogen (secondary N) is 1. The number of hydrogen-bond donors (Lipinski definition) is 1. The van der Waals surface area contributed by atoms with Gasteiger partial charge < -0.3 is 4.90 Å². The summed E-state index contributed by atoms with van der Waals surface area (Å²) < 4.78 is 0. The number of fused-ring (bicyclic) bond motifs is 3. The van der Waals surface area contributed by atoms with Gasteiger partial charge in [0.25, 0.3) is 0 Å². The molecule has 1 aromatic carbocycles. The molecule has 3 aliphatic rings. The van der Waals surface area contributed by atoms with Crippen LogP contribution in [-0.4, -0.2) is 22.9 Å². The van der Waals surface area contributed by atoms with Gasteiger partial charge in [-0.1, -0.05) is 43.2 Å². The van der Waals surface area contributed by atoms with E-state index >= 15 is 0 Å². The molecule has 2 heterocycles. The Morgan fingerprint density at radius 1 is 1.16 bits per heavy atom. The quantitative estimate of drug-likeness (QED) is 0.836. The number of carbonyl (C=O) groups excluding carboxylic acids is 1. The molecular weight excluding hydrogens is 236 g/mol. The van der Waals surface area contributed by atoms with E-state index in [4.69, 9.17) is 0 Å². The Morgan fingerprint density at radius 2 is 1.95 bits per heavy atom. The van der Waals surface area contributed by atoms with E-state index in [1.165, 1.54) is 24.8 Å². The molecule has 2 saturated heterocycles. The smallest absolute Gasteiger partial charge is 0.224 e. The lowest BCUT2D eigenvalue weighted by molar-refractivity contribution is -0.132. The van der Waals surface area contributed by atoms with Gasteiger partial charge in [-0.15, -0.1) is 0 Å². The van der Waals surface area contributed by atoms with Crippen LogP contribution in [0.25, 0.3) is 0 Å². The minimum Gasteiger partial charge on any atom is -0.316 e. The van der Waals surface area contributed by atoms with Gasteiger partial charge in [-0.2, -0.15) is 0 Å². The molecule has 100 valence electrons. The van der Waals surface area contributed by atoms with Crippen molar-refractivity contribution in [2.45, 2.75) is 56.3 Å². The molecule has 1 saturated carbocycles. The van der Waals surface area contributed by atoms with Crippen LogP contribution >= 0.6 is 0 Å². The lowest BCUT2D eigenvalue weighted by Gasteiger charge is -2.35. The number of amides is 1. The van der Waals surface area contributed by atoms with Gasteiger partial charge in [0.2, 0.25) is 5.91 Å². The second kappa shape index (κ2) is 4.07. The van der Waals surface area contributed by atoms with Crippen LogP contribution in [-0.2, 0) is 10.5 Å². The predicted molar refractivity (Wildman–Crippen MR) is 73.4 cm³/mol. The number of benzene rings is 1. The van der Waals surface area contributed by atoms with Crippen LogP contribution in [0.4, 0.5) is 0 Å². The van der Waals surface area contributed by atoms with E-state index in [1.807, 2.05) is 6.07 Å². The molecule has 1 aromatic rings. The van der Waals surface area contributed by atoms with Crippen molar-refractivity contribution in [2.75, 3.05) is 0 Å². The number of nitrogens with zero attached hydrogens (tertiary/aromatic N) is 1. The van der Waals surface area contributed by atoms with Gasteiger partial charge in [-0.25, -0.2) is 0 Å². The third-order valence-electron chi connectivity index (χ3n) is 5.12. The van der Waals surface area contributed by atoms with Gasteiger partial charge >= 0.3 is 0 Å². The summed E-state index contributed by atoms with van der Waals surface area (Å²) >= 11 is 0. The van der Waals surface area contributed by atoms with Crippen molar-refractivity contribution in [1.29, 1.82) is 0 Å². The summed E-state index contributed by atoms with van der Waals surface area (Å²) in [5, 5.41) is 3.82. The number of hydrogen-bond acceptors (Lipinski definition) is 2. The molecule has 3 nitrogen and oxygen atoms in total. The van der Waals surface area contributed by atoms with Crippen molar-refractivity contribution < 1.29 is 4.79 Å². The average Bonchev–Trinajstić information content (AvgIpc) is 2.96. The van der Waals surface area contributed by atoms with E-state index in [0.717, 1.165) is 12.8 Å². The summed E-state index contributed by atoms with van der Waals surface area (Å²) in [4.78, 5) is 14.6. The Balaban J connectivity index is 1.80. The zero-order valence-electron chi connectivity index (χ0n) is 11.1. The summed E-state index contributed by atoms with van der Waals surface area (Å²) in [5.74, 6) is 0.339. The van der Waals surface area contributed by atoms with E-state index in [2.05, 4.69) is 34.5 Å². The molecule has 19 heavy (non-hydrogen) atoms. The maximum atomic E-state index is 12.4. The zero-order chi connectivity index (χ0) is 12.9. The topological polar surface area (TPSA) is 32.3 Å². The van der Waals surface area contributed by atoms with E-state index in [1.54, 1.807) is 0 Å². The molecule has 0 radical (unpaired) electrons. The third kappa shape index (κ3) is 1.51. The normalized spacial score (nSPS) is 37.3. The van der Waals surface area contributed by atoms with E-state index in [9.17, 15) is 4.79 Å². The van der Waals surface area contributed by atoms with Gasteiger partial charge in [-0.05, 0) is 24.8 Å².